The summed E-state index contributed by atoms with van der Waals surface area (Å²) in [5, 5.41) is 7.89. The van der Waals surface area contributed by atoms with Crippen LogP contribution in [0.3, 0.4) is 0 Å². The molecule has 2 aromatic heterocycles. The monoisotopic (exact) mass is 336 g/mol. The molecule has 0 spiro atoms. The molecule has 0 aliphatic rings. The molecule has 5 heteroatoms. The zero-order valence-electron chi connectivity index (χ0n) is 14.7. The molecule has 0 aliphatic heterocycles. The van der Waals surface area contributed by atoms with E-state index < -0.39 is 0 Å². The third kappa shape index (κ3) is 4.67. The van der Waals surface area contributed by atoms with Crippen molar-refractivity contribution in [3.8, 4) is 5.75 Å². The Hall–Kier alpha value is -2.66. The number of nitrogens with one attached hydrogen (secondary N) is 1. The molecular weight excluding hydrogens is 312 g/mol. The van der Waals surface area contributed by atoms with Crippen LogP contribution in [0.2, 0.25) is 0 Å². The molecule has 2 heterocycles. The van der Waals surface area contributed by atoms with Crippen molar-refractivity contribution in [3.63, 3.8) is 0 Å². The van der Waals surface area contributed by atoms with E-state index >= 15 is 0 Å². The van der Waals surface area contributed by atoms with E-state index in [-0.39, 0.29) is 12.1 Å². The molecule has 3 rings (SSSR count). The maximum Gasteiger partial charge on any atom is 0.130 e. The molecule has 0 amide bonds. The Morgan fingerprint density at radius 1 is 1.04 bits per heavy atom. The maximum absolute atomic E-state index is 5.97. The Labute approximate surface area is 148 Å². The number of nitrogens with zero attached hydrogens (tertiary/aromatic N) is 3. The lowest BCUT2D eigenvalue weighted by Gasteiger charge is -2.22. The smallest absolute Gasteiger partial charge is 0.130 e. The van der Waals surface area contributed by atoms with Gasteiger partial charge in [-0.25, -0.2) is 0 Å². The number of rotatable bonds is 8. The van der Waals surface area contributed by atoms with E-state index in [0.717, 1.165) is 23.6 Å². The van der Waals surface area contributed by atoms with Gasteiger partial charge < -0.3 is 10.1 Å². The van der Waals surface area contributed by atoms with E-state index in [2.05, 4.69) is 35.3 Å². The number of ether oxygens (including phenoxy) is 1. The van der Waals surface area contributed by atoms with Crippen LogP contribution >= 0.6 is 0 Å². The van der Waals surface area contributed by atoms with Crippen molar-refractivity contribution < 1.29 is 4.74 Å². The highest BCUT2D eigenvalue weighted by molar-refractivity contribution is 5.33. The molecule has 5 nitrogen and oxygen atoms in total. The van der Waals surface area contributed by atoms with E-state index in [1.54, 1.807) is 6.20 Å². The lowest BCUT2D eigenvalue weighted by atomic mass is 10.1. The van der Waals surface area contributed by atoms with Crippen LogP contribution in [0.15, 0.2) is 67.1 Å². The number of benzene rings is 1. The lowest BCUT2D eigenvalue weighted by molar-refractivity contribution is 0.295. The van der Waals surface area contributed by atoms with Gasteiger partial charge in [0.2, 0.25) is 0 Å². The van der Waals surface area contributed by atoms with Crippen molar-refractivity contribution in [1.29, 1.82) is 0 Å². The fourth-order valence-corrected chi connectivity index (χ4v) is 2.62. The predicted molar refractivity (Wildman–Crippen MR) is 98.3 cm³/mol. The first-order valence-corrected chi connectivity index (χ1v) is 8.57. The van der Waals surface area contributed by atoms with Gasteiger partial charge >= 0.3 is 0 Å². The SMILES string of the molecule is C[C@H](NCc1ccccc1OCc1ccccn1)[C@@H](C)n1cccn1. The third-order valence-corrected chi connectivity index (χ3v) is 4.35. The van der Waals surface area contributed by atoms with E-state index in [1.165, 1.54) is 0 Å². The summed E-state index contributed by atoms with van der Waals surface area (Å²) >= 11 is 0. The van der Waals surface area contributed by atoms with Crippen molar-refractivity contribution in [2.45, 2.75) is 39.1 Å². The molecule has 1 aromatic carbocycles. The summed E-state index contributed by atoms with van der Waals surface area (Å²) in [5.74, 6) is 0.889. The van der Waals surface area contributed by atoms with Gasteiger partial charge in [-0.05, 0) is 38.1 Å². The highest BCUT2D eigenvalue weighted by Crippen LogP contribution is 2.20. The Morgan fingerprint density at radius 2 is 1.88 bits per heavy atom. The molecule has 0 saturated heterocycles. The van der Waals surface area contributed by atoms with E-state index in [9.17, 15) is 0 Å². The average Bonchev–Trinajstić information content (AvgIpc) is 3.20. The molecule has 0 fully saturated rings. The fourth-order valence-electron chi connectivity index (χ4n) is 2.62. The zero-order valence-corrected chi connectivity index (χ0v) is 14.7. The minimum Gasteiger partial charge on any atom is -0.487 e. The first-order chi connectivity index (χ1) is 12.2. The number of aromatic nitrogens is 3. The number of pyridine rings is 1. The van der Waals surface area contributed by atoms with Crippen LogP contribution < -0.4 is 10.1 Å². The zero-order chi connectivity index (χ0) is 17.5. The molecule has 0 aliphatic carbocycles. The number of para-hydroxylation sites is 1. The van der Waals surface area contributed by atoms with Gasteiger partial charge in [0.25, 0.3) is 0 Å². The minimum absolute atomic E-state index is 0.275. The summed E-state index contributed by atoms with van der Waals surface area (Å²) in [5.41, 5.74) is 2.06. The van der Waals surface area contributed by atoms with Gasteiger partial charge in [0, 0.05) is 36.7 Å². The number of hydrogen-bond donors (Lipinski definition) is 1. The molecule has 130 valence electrons. The van der Waals surface area contributed by atoms with Gasteiger partial charge in [0.05, 0.1) is 11.7 Å². The third-order valence-electron chi connectivity index (χ3n) is 4.35. The van der Waals surface area contributed by atoms with Gasteiger partial charge in [-0.15, -0.1) is 0 Å². The molecule has 3 aromatic rings. The van der Waals surface area contributed by atoms with E-state index in [1.807, 2.05) is 59.5 Å². The Balaban J connectivity index is 1.59. The van der Waals surface area contributed by atoms with Gasteiger partial charge in [0.15, 0.2) is 0 Å². The quantitative estimate of drug-likeness (QED) is 0.683. The Morgan fingerprint density at radius 3 is 2.64 bits per heavy atom. The van der Waals surface area contributed by atoms with E-state index in [4.69, 9.17) is 4.74 Å². The molecule has 0 unspecified atom stereocenters. The Bertz CT molecular complexity index is 758. The summed E-state index contributed by atoms with van der Waals surface area (Å²) < 4.78 is 7.94. The van der Waals surface area contributed by atoms with Crippen molar-refractivity contribution in [3.05, 3.63) is 78.4 Å². The normalized spacial score (nSPS) is 13.4. The van der Waals surface area contributed by atoms with Crippen LogP contribution in [0.4, 0.5) is 0 Å². The summed E-state index contributed by atoms with van der Waals surface area (Å²) in [7, 11) is 0. The fraction of sp³-hybridized carbons (Fsp3) is 0.300. The summed E-state index contributed by atoms with van der Waals surface area (Å²) in [4.78, 5) is 4.30. The van der Waals surface area contributed by atoms with Crippen molar-refractivity contribution in [1.82, 2.24) is 20.1 Å². The van der Waals surface area contributed by atoms with Gasteiger partial charge in [-0.1, -0.05) is 24.3 Å². The average molecular weight is 336 g/mol. The topological polar surface area (TPSA) is 52.0 Å². The van der Waals surface area contributed by atoms with Crippen LogP contribution in [0.5, 0.6) is 5.75 Å². The summed E-state index contributed by atoms with van der Waals surface area (Å²) in [6.07, 6.45) is 5.58. The van der Waals surface area contributed by atoms with Gasteiger partial charge in [-0.2, -0.15) is 5.10 Å². The summed E-state index contributed by atoms with van der Waals surface area (Å²) in [6.45, 7) is 5.54. The largest absolute Gasteiger partial charge is 0.487 e. The molecular formula is C20H24N4O. The van der Waals surface area contributed by atoms with E-state index in [0.29, 0.717) is 6.61 Å². The predicted octanol–water partition coefficient (Wildman–Crippen LogP) is 3.60. The van der Waals surface area contributed by atoms with Crippen molar-refractivity contribution in [2.24, 2.45) is 0 Å². The van der Waals surface area contributed by atoms with Crippen molar-refractivity contribution in [2.75, 3.05) is 0 Å². The van der Waals surface area contributed by atoms with Crippen LogP contribution in [0.25, 0.3) is 0 Å². The van der Waals surface area contributed by atoms with Crippen LogP contribution in [-0.4, -0.2) is 20.8 Å². The molecule has 0 saturated carbocycles. The maximum atomic E-state index is 5.97. The van der Waals surface area contributed by atoms with Crippen LogP contribution in [0.1, 0.15) is 31.1 Å². The second-order valence-corrected chi connectivity index (χ2v) is 6.11. The van der Waals surface area contributed by atoms with Crippen molar-refractivity contribution >= 4 is 0 Å². The summed E-state index contributed by atoms with van der Waals surface area (Å²) in [6, 6.07) is 16.5. The van der Waals surface area contributed by atoms with Gasteiger partial charge in [0.1, 0.15) is 12.4 Å². The van der Waals surface area contributed by atoms with Crippen LogP contribution in [0, 0.1) is 0 Å². The first kappa shape index (κ1) is 17.2. The number of hydrogen-bond acceptors (Lipinski definition) is 4. The molecule has 0 radical (unpaired) electrons. The van der Waals surface area contributed by atoms with Gasteiger partial charge in [-0.3, -0.25) is 9.67 Å². The molecule has 0 bridgehead atoms. The lowest BCUT2D eigenvalue weighted by Crippen LogP contribution is -2.33. The minimum atomic E-state index is 0.275. The standard InChI is InChI=1S/C20H24N4O/c1-16(17(2)24-13-7-12-23-24)22-14-18-8-3-4-10-20(18)25-15-19-9-5-6-11-21-19/h3-13,16-17,22H,14-15H2,1-2H3/t16-,17+/m0/s1. The molecule has 2 atom stereocenters. The first-order valence-electron chi connectivity index (χ1n) is 8.57. The second kappa shape index (κ2) is 8.44. The Kier molecular flexibility index (Phi) is 5.80. The highest BCUT2D eigenvalue weighted by atomic mass is 16.5. The van der Waals surface area contributed by atoms with Crippen LogP contribution in [-0.2, 0) is 13.2 Å². The molecule has 25 heavy (non-hydrogen) atoms. The molecule has 1 N–H and O–H groups in total. The second-order valence-electron chi connectivity index (χ2n) is 6.11. The highest BCUT2D eigenvalue weighted by Gasteiger charge is 2.14.